The van der Waals surface area contributed by atoms with Crippen LogP contribution in [0.15, 0.2) is 170 Å². The molecule has 7 aromatic carbocycles. The van der Waals surface area contributed by atoms with E-state index < -0.39 is 0 Å². The topological polar surface area (TPSA) is 24.9 Å². The lowest BCUT2D eigenvalue weighted by Crippen LogP contribution is -2.09. The van der Waals surface area contributed by atoms with Gasteiger partial charge in [0.15, 0.2) is 0 Å². The first-order valence-electron chi connectivity index (χ1n) is 18.1. The zero-order chi connectivity index (χ0) is 37.3. The fraction of sp³-hybridized carbons (Fsp3) is 0.0800. The summed E-state index contributed by atoms with van der Waals surface area (Å²) < 4.78 is 11.7. The first-order valence-corrected chi connectivity index (χ1v) is 18.1. The van der Waals surface area contributed by atoms with Crippen molar-refractivity contribution in [2.75, 3.05) is 24.0 Å². The van der Waals surface area contributed by atoms with Gasteiger partial charge in [-0.2, -0.15) is 0 Å². The predicted octanol–water partition coefficient (Wildman–Crippen LogP) is 13.6. The Morgan fingerprint density at radius 1 is 0.352 bits per heavy atom. The van der Waals surface area contributed by atoms with Crippen LogP contribution in [-0.4, -0.2) is 14.2 Å². The molecule has 0 aliphatic carbocycles. The standard InChI is InChI=1S/C50H44N2O2/c1-37-13-11-19-47(33-37)51(43-15-7-5-8-16-43)45-29-23-39(24-30-45)21-27-41-35-50(54-4)42(36-49(41)53-3)28-22-40-25-31-46(32-26-40)52(44-17-9-6-10-18-44)48-20-12-14-38(2)34-48/h5-36H,1-4H3/b27-21+,28-22+. The van der Waals surface area contributed by atoms with E-state index >= 15 is 0 Å². The van der Waals surface area contributed by atoms with E-state index in [4.69, 9.17) is 9.47 Å². The molecule has 0 spiro atoms. The zero-order valence-electron chi connectivity index (χ0n) is 31.2. The Labute approximate surface area is 319 Å². The normalized spacial score (nSPS) is 11.2. The van der Waals surface area contributed by atoms with Gasteiger partial charge in [-0.05, 0) is 121 Å². The average Bonchev–Trinajstić information content (AvgIpc) is 3.21. The van der Waals surface area contributed by atoms with Crippen molar-refractivity contribution in [1.82, 2.24) is 0 Å². The summed E-state index contributed by atoms with van der Waals surface area (Å²) >= 11 is 0. The molecular formula is C50H44N2O2. The van der Waals surface area contributed by atoms with Crippen molar-refractivity contribution in [1.29, 1.82) is 0 Å². The monoisotopic (exact) mass is 704 g/mol. The Hall–Kier alpha value is -6.78. The Kier molecular flexibility index (Phi) is 11.0. The fourth-order valence-electron chi connectivity index (χ4n) is 6.63. The molecule has 7 aromatic rings. The van der Waals surface area contributed by atoms with Gasteiger partial charge in [0, 0.05) is 45.3 Å². The summed E-state index contributed by atoms with van der Waals surface area (Å²) in [6.45, 7) is 4.25. The molecule has 0 saturated carbocycles. The van der Waals surface area contributed by atoms with Gasteiger partial charge in [0.05, 0.1) is 14.2 Å². The third kappa shape index (κ3) is 8.30. The maximum absolute atomic E-state index is 5.87. The molecule has 7 rings (SSSR count). The van der Waals surface area contributed by atoms with Crippen molar-refractivity contribution < 1.29 is 9.47 Å². The number of para-hydroxylation sites is 2. The smallest absolute Gasteiger partial charge is 0.126 e. The quantitative estimate of drug-likeness (QED) is 0.118. The fourth-order valence-corrected chi connectivity index (χ4v) is 6.63. The van der Waals surface area contributed by atoms with Crippen LogP contribution in [0.25, 0.3) is 24.3 Å². The van der Waals surface area contributed by atoms with Crippen LogP contribution in [0.5, 0.6) is 11.5 Å². The van der Waals surface area contributed by atoms with Crippen LogP contribution in [-0.2, 0) is 0 Å². The molecule has 0 fully saturated rings. The second-order valence-corrected chi connectivity index (χ2v) is 13.2. The largest absolute Gasteiger partial charge is 0.496 e. The molecule has 0 radical (unpaired) electrons. The van der Waals surface area contributed by atoms with Crippen LogP contribution in [0.4, 0.5) is 34.1 Å². The highest BCUT2D eigenvalue weighted by Crippen LogP contribution is 2.37. The summed E-state index contributed by atoms with van der Waals surface area (Å²) in [7, 11) is 3.41. The van der Waals surface area contributed by atoms with E-state index in [1.165, 1.54) is 11.1 Å². The van der Waals surface area contributed by atoms with Gasteiger partial charge in [0.25, 0.3) is 0 Å². The molecule has 54 heavy (non-hydrogen) atoms. The first-order chi connectivity index (χ1) is 26.5. The number of ether oxygens (including phenoxy) is 2. The van der Waals surface area contributed by atoms with Gasteiger partial charge in [-0.3, -0.25) is 0 Å². The number of benzene rings is 7. The number of nitrogens with zero attached hydrogens (tertiary/aromatic N) is 2. The Balaban J connectivity index is 1.10. The highest BCUT2D eigenvalue weighted by atomic mass is 16.5. The summed E-state index contributed by atoms with van der Waals surface area (Å²) in [4.78, 5) is 4.56. The van der Waals surface area contributed by atoms with Crippen LogP contribution in [0.3, 0.4) is 0 Å². The molecule has 4 nitrogen and oxygen atoms in total. The lowest BCUT2D eigenvalue weighted by molar-refractivity contribution is 0.401. The number of methoxy groups -OCH3 is 2. The van der Waals surface area contributed by atoms with Gasteiger partial charge >= 0.3 is 0 Å². The molecule has 0 bridgehead atoms. The maximum atomic E-state index is 5.87. The highest BCUT2D eigenvalue weighted by Gasteiger charge is 2.14. The number of anilines is 6. The number of hydrogen-bond acceptors (Lipinski definition) is 4. The molecule has 0 atom stereocenters. The summed E-state index contributed by atoms with van der Waals surface area (Å²) in [5.74, 6) is 1.54. The van der Waals surface area contributed by atoms with Crippen LogP contribution in [0.2, 0.25) is 0 Å². The van der Waals surface area contributed by atoms with Gasteiger partial charge in [0.2, 0.25) is 0 Å². The van der Waals surface area contributed by atoms with Crippen molar-refractivity contribution in [3.8, 4) is 11.5 Å². The SMILES string of the molecule is COc1cc(/C=C/c2ccc(N(c3ccccc3)c3cccc(C)c3)cc2)c(OC)cc1/C=C/c1ccc(N(c2ccccc2)c2cccc(C)c2)cc1. The van der Waals surface area contributed by atoms with E-state index in [1.807, 2.05) is 24.3 Å². The summed E-state index contributed by atoms with van der Waals surface area (Å²) in [6, 6.07) is 59.4. The Morgan fingerprint density at radius 3 is 1.06 bits per heavy atom. The second kappa shape index (κ2) is 16.7. The lowest BCUT2D eigenvalue weighted by Gasteiger charge is -2.25. The summed E-state index contributed by atoms with van der Waals surface area (Å²) in [6.07, 6.45) is 8.36. The Morgan fingerprint density at radius 2 is 0.704 bits per heavy atom. The number of hydrogen-bond donors (Lipinski definition) is 0. The van der Waals surface area contributed by atoms with Crippen LogP contribution >= 0.6 is 0 Å². The molecule has 0 unspecified atom stereocenters. The number of aryl methyl sites for hydroxylation is 2. The third-order valence-corrected chi connectivity index (χ3v) is 9.34. The molecule has 0 aliphatic rings. The molecule has 0 heterocycles. The van der Waals surface area contributed by atoms with Gasteiger partial charge in [-0.15, -0.1) is 0 Å². The lowest BCUT2D eigenvalue weighted by atomic mass is 10.0. The summed E-state index contributed by atoms with van der Waals surface area (Å²) in [5, 5.41) is 0. The van der Waals surface area contributed by atoms with Gasteiger partial charge in [0.1, 0.15) is 11.5 Å². The molecule has 0 aliphatic heterocycles. The van der Waals surface area contributed by atoms with Gasteiger partial charge in [-0.1, -0.05) is 109 Å². The van der Waals surface area contributed by atoms with E-state index in [0.29, 0.717) is 0 Å². The molecule has 0 aromatic heterocycles. The number of rotatable bonds is 12. The predicted molar refractivity (Wildman–Crippen MR) is 229 cm³/mol. The van der Waals surface area contributed by atoms with Crippen LogP contribution in [0.1, 0.15) is 33.4 Å². The molecule has 266 valence electrons. The van der Waals surface area contributed by atoms with Crippen LogP contribution in [0, 0.1) is 13.8 Å². The van der Waals surface area contributed by atoms with Crippen molar-refractivity contribution >= 4 is 58.4 Å². The van der Waals surface area contributed by atoms with E-state index in [1.54, 1.807) is 14.2 Å². The first kappa shape index (κ1) is 35.6. The highest BCUT2D eigenvalue weighted by molar-refractivity contribution is 5.82. The molecule has 0 N–H and O–H groups in total. The minimum atomic E-state index is 0.769. The maximum Gasteiger partial charge on any atom is 0.126 e. The van der Waals surface area contributed by atoms with Crippen molar-refractivity contribution in [2.45, 2.75) is 13.8 Å². The average molecular weight is 705 g/mol. The Bertz CT molecular complexity index is 2190. The van der Waals surface area contributed by atoms with E-state index in [2.05, 4.69) is 194 Å². The van der Waals surface area contributed by atoms with Crippen molar-refractivity contribution in [3.05, 3.63) is 203 Å². The molecule has 0 saturated heterocycles. The zero-order valence-corrected chi connectivity index (χ0v) is 31.2. The van der Waals surface area contributed by atoms with Gasteiger partial charge < -0.3 is 19.3 Å². The van der Waals surface area contributed by atoms with E-state index in [9.17, 15) is 0 Å². The molecule has 0 amide bonds. The summed E-state index contributed by atoms with van der Waals surface area (Å²) in [5.41, 5.74) is 13.1. The van der Waals surface area contributed by atoms with Crippen molar-refractivity contribution in [2.24, 2.45) is 0 Å². The minimum Gasteiger partial charge on any atom is -0.496 e. The van der Waals surface area contributed by atoms with Gasteiger partial charge in [-0.25, -0.2) is 0 Å². The van der Waals surface area contributed by atoms with Crippen LogP contribution < -0.4 is 19.3 Å². The molecule has 4 heteroatoms. The minimum absolute atomic E-state index is 0.769. The van der Waals surface area contributed by atoms with Crippen molar-refractivity contribution in [3.63, 3.8) is 0 Å². The van der Waals surface area contributed by atoms with E-state index in [-0.39, 0.29) is 0 Å². The molecular weight excluding hydrogens is 661 g/mol. The van der Waals surface area contributed by atoms with E-state index in [0.717, 1.165) is 67.9 Å². The third-order valence-electron chi connectivity index (χ3n) is 9.34. The second-order valence-electron chi connectivity index (χ2n) is 13.2.